The van der Waals surface area contributed by atoms with E-state index in [2.05, 4.69) is 5.32 Å². The second-order valence-corrected chi connectivity index (χ2v) is 9.62. The van der Waals surface area contributed by atoms with E-state index in [9.17, 15) is 9.59 Å². The highest BCUT2D eigenvalue weighted by Crippen LogP contribution is 2.39. The zero-order valence-electron chi connectivity index (χ0n) is 16.6. The number of hydrogen-bond donors (Lipinski definition) is 1. The summed E-state index contributed by atoms with van der Waals surface area (Å²) in [7, 11) is 0. The molecule has 0 radical (unpaired) electrons. The summed E-state index contributed by atoms with van der Waals surface area (Å²) in [5.74, 6) is 1.96. The Morgan fingerprint density at radius 2 is 1.94 bits per heavy atom. The summed E-state index contributed by atoms with van der Waals surface area (Å²) in [5.41, 5.74) is 1.60. The summed E-state index contributed by atoms with van der Waals surface area (Å²) < 4.78 is 5.40. The molecule has 1 fully saturated rings. The van der Waals surface area contributed by atoms with E-state index in [0.29, 0.717) is 29.4 Å². The number of halogens is 1. The molecular formula is C23H21ClN2O3S2. The van der Waals surface area contributed by atoms with Crippen molar-refractivity contribution >= 4 is 46.9 Å². The summed E-state index contributed by atoms with van der Waals surface area (Å²) in [5, 5.41) is 3.58. The Morgan fingerprint density at radius 1 is 1.16 bits per heavy atom. The Kier molecular flexibility index (Phi) is 7.27. The minimum atomic E-state index is -0.106. The van der Waals surface area contributed by atoms with E-state index >= 15 is 0 Å². The van der Waals surface area contributed by atoms with Gasteiger partial charge in [0.25, 0.3) is 5.91 Å². The van der Waals surface area contributed by atoms with Gasteiger partial charge in [-0.25, -0.2) is 0 Å². The lowest BCUT2D eigenvalue weighted by atomic mass is 10.1. The van der Waals surface area contributed by atoms with Crippen molar-refractivity contribution in [3.8, 4) is 0 Å². The molecule has 2 amide bonds. The van der Waals surface area contributed by atoms with E-state index in [1.54, 1.807) is 29.8 Å². The third-order valence-electron chi connectivity index (χ3n) is 4.80. The second kappa shape index (κ2) is 10.3. The molecule has 2 aromatic carbocycles. The fourth-order valence-corrected chi connectivity index (χ4v) is 5.32. The molecular weight excluding hydrogens is 452 g/mol. The van der Waals surface area contributed by atoms with E-state index in [1.807, 2.05) is 65.6 Å². The molecule has 4 rings (SSSR count). The molecule has 0 unspecified atom stereocenters. The standard InChI is InChI=1S/C23H21ClN2O3S2/c24-18-7-9-20(10-8-18)30-13-11-25-22(28)16-3-5-17(6-4-16)23-26(21(27)15-31-23)14-19-2-1-12-29-19/h1-10,12,23H,11,13-15H2,(H,25,28)/t23-/m1/s1. The van der Waals surface area contributed by atoms with Crippen molar-refractivity contribution in [1.29, 1.82) is 0 Å². The van der Waals surface area contributed by atoms with Gasteiger partial charge in [0.1, 0.15) is 11.1 Å². The van der Waals surface area contributed by atoms with Gasteiger partial charge in [0, 0.05) is 27.8 Å². The van der Waals surface area contributed by atoms with Gasteiger partial charge < -0.3 is 14.6 Å². The molecule has 0 saturated carbocycles. The van der Waals surface area contributed by atoms with Crippen LogP contribution >= 0.6 is 35.1 Å². The molecule has 8 heteroatoms. The van der Waals surface area contributed by atoms with Crippen LogP contribution in [0.25, 0.3) is 0 Å². The molecule has 0 spiro atoms. The number of amides is 2. The van der Waals surface area contributed by atoms with Crippen LogP contribution in [-0.4, -0.2) is 34.8 Å². The van der Waals surface area contributed by atoms with Crippen LogP contribution in [0.15, 0.2) is 76.2 Å². The molecule has 5 nitrogen and oxygen atoms in total. The molecule has 1 aliphatic heterocycles. The van der Waals surface area contributed by atoms with Crippen molar-refractivity contribution < 1.29 is 14.0 Å². The van der Waals surface area contributed by atoms with Crippen LogP contribution < -0.4 is 5.32 Å². The fraction of sp³-hybridized carbons (Fsp3) is 0.217. The van der Waals surface area contributed by atoms with Gasteiger partial charge in [0.05, 0.1) is 18.6 Å². The number of nitrogens with zero attached hydrogens (tertiary/aromatic N) is 1. The lowest BCUT2D eigenvalue weighted by Crippen LogP contribution is -2.28. The van der Waals surface area contributed by atoms with Crippen molar-refractivity contribution in [1.82, 2.24) is 10.2 Å². The van der Waals surface area contributed by atoms with E-state index in [-0.39, 0.29) is 17.2 Å². The Labute approximate surface area is 194 Å². The molecule has 1 atom stereocenters. The molecule has 31 heavy (non-hydrogen) atoms. The van der Waals surface area contributed by atoms with Gasteiger partial charge in [0.2, 0.25) is 5.91 Å². The van der Waals surface area contributed by atoms with E-state index in [0.717, 1.165) is 22.0 Å². The van der Waals surface area contributed by atoms with Gasteiger partial charge in [-0.2, -0.15) is 0 Å². The van der Waals surface area contributed by atoms with Gasteiger partial charge in [-0.05, 0) is 54.1 Å². The van der Waals surface area contributed by atoms with Crippen LogP contribution in [0, 0.1) is 0 Å². The fourth-order valence-electron chi connectivity index (χ4n) is 3.24. The summed E-state index contributed by atoms with van der Waals surface area (Å²) in [6.45, 7) is 1.01. The maximum atomic E-state index is 12.4. The van der Waals surface area contributed by atoms with Crippen molar-refractivity contribution in [2.45, 2.75) is 16.8 Å². The van der Waals surface area contributed by atoms with Crippen LogP contribution in [0.5, 0.6) is 0 Å². The van der Waals surface area contributed by atoms with Crippen molar-refractivity contribution in [3.63, 3.8) is 0 Å². The minimum Gasteiger partial charge on any atom is -0.467 e. The average molecular weight is 473 g/mol. The summed E-state index contributed by atoms with van der Waals surface area (Å²) in [6.07, 6.45) is 1.61. The summed E-state index contributed by atoms with van der Waals surface area (Å²) in [6, 6.07) is 18.8. The number of carbonyl (C=O) groups excluding carboxylic acids is 2. The number of furan rings is 1. The van der Waals surface area contributed by atoms with Crippen molar-refractivity contribution in [2.24, 2.45) is 0 Å². The van der Waals surface area contributed by atoms with Crippen LogP contribution in [0.3, 0.4) is 0 Å². The monoisotopic (exact) mass is 472 g/mol. The first-order valence-electron chi connectivity index (χ1n) is 9.80. The zero-order valence-corrected chi connectivity index (χ0v) is 19.0. The van der Waals surface area contributed by atoms with Crippen LogP contribution in [0.4, 0.5) is 0 Å². The average Bonchev–Trinajstić information content (AvgIpc) is 3.43. The highest BCUT2D eigenvalue weighted by Gasteiger charge is 2.33. The Bertz CT molecular complexity index is 1020. The molecule has 1 aromatic heterocycles. The Balaban J connectivity index is 1.30. The first-order valence-corrected chi connectivity index (χ1v) is 12.2. The topological polar surface area (TPSA) is 62.6 Å². The largest absolute Gasteiger partial charge is 0.467 e. The quantitative estimate of drug-likeness (QED) is 0.359. The SMILES string of the molecule is O=C(NCCSc1ccc(Cl)cc1)c1ccc([C@H]2SCC(=O)N2Cc2ccco2)cc1. The minimum absolute atomic E-state index is 0.0783. The first kappa shape index (κ1) is 21.9. The smallest absolute Gasteiger partial charge is 0.251 e. The molecule has 1 saturated heterocycles. The molecule has 3 aromatic rings. The van der Waals surface area contributed by atoms with Crippen LogP contribution in [0.2, 0.25) is 5.02 Å². The van der Waals surface area contributed by atoms with Crippen molar-refractivity contribution in [2.75, 3.05) is 18.1 Å². The highest BCUT2D eigenvalue weighted by atomic mass is 35.5. The van der Waals surface area contributed by atoms with Crippen molar-refractivity contribution in [3.05, 3.63) is 88.8 Å². The van der Waals surface area contributed by atoms with Crippen LogP contribution in [0.1, 0.15) is 27.1 Å². The number of hydrogen-bond acceptors (Lipinski definition) is 5. The number of nitrogens with one attached hydrogen (secondary N) is 1. The number of rotatable bonds is 8. The molecule has 160 valence electrons. The van der Waals surface area contributed by atoms with E-state index in [4.69, 9.17) is 16.0 Å². The number of thioether (sulfide) groups is 2. The predicted octanol–water partition coefficient (Wildman–Crippen LogP) is 5.23. The van der Waals surface area contributed by atoms with E-state index < -0.39 is 0 Å². The number of carbonyl (C=O) groups is 2. The Morgan fingerprint density at radius 3 is 2.65 bits per heavy atom. The molecule has 2 heterocycles. The van der Waals surface area contributed by atoms with Crippen LogP contribution in [-0.2, 0) is 11.3 Å². The summed E-state index contributed by atoms with van der Waals surface area (Å²) >= 11 is 9.14. The molecule has 0 aliphatic carbocycles. The van der Waals surface area contributed by atoms with Gasteiger partial charge in [-0.3, -0.25) is 9.59 Å². The van der Waals surface area contributed by atoms with Gasteiger partial charge >= 0.3 is 0 Å². The summed E-state index contributed by atoms with van der Waals surface area (Å²) in [4.78, 5) is 27.7. The van der Waals surface area contributed by atoms with Gasteiger partial charge in [-0.15, -0.1) is 23.5 Å². The lowest BCUT2D eigenvalue weighted by molar-refractivity contribution is -0.128. The lowest BCUT2D eigenvalue weighted by Gasteiger charge is -2.23. The zero-order chi connectivity index (χ0) is 21.6. The maximum Gasteiger partial charge on any atom is 0.251 e. The normalized spacial score (nSPS) is 16.0. The highest BCUT2D eigenvalue weighted by molar-refractivity contribution is 8.00. The Hall–Kier alpha value is -2.35. The molecule has 0 bridgehead atoms. The third-order valence-corrected chi connectivity index (χ3v) is 7.32. The second-order valence-electron chi connectivity index (χ2n) is 6.94. The third kappa shape index (κ3) is 5.67. The molecule has 1 N–H and O–H groups in total. The molecule has 1 aliphatic rings. The van der Waals surface area contributed by atoms with Gasteiger partial charge in [0.15, 0.2) is 0 Å². The predicted molar refractivity (Wildman–Crippen MR) is 125 cm³/mol. The first-order chi connectivity index (χ1) is 15.1. The number of benzene rings is 2. The van der Waals surface area contributed by atoms with Gasteiger partial charge in [-0.1, -0.05) is 23.7 Å². The maximum absolute atomic E-state index is 12.4. The van der Waals surface area contributed by atoms with E-state index in [1.165, 1.54) is 0 Å².